The SMILES string of the molecule is NN1CCc2ccc(Cl)cc21. The van der Waals surface area contributed by atoms with E-state index in [1.54, 1.807) is 5.01 Å². The highest BCUT2D eigenvalue weighted by Gasteiger charge is 2.15. The van der Waals surface area contributed by atoms with Gasteiger partial charge in [-0.15, -0.1) is 0 Å². The van der Waals surface area contributed by atoms with E-state index in [1.165, 1.54) is 5.56 Å². The molecule has 0 bridgehead atoms. The highest BCUT2D eigenvalue weighted by molar-refractivity contribution is 6.30. The van der Waals surface area contributed by atoms with Crippen LogP contribution in [-0.4, -0.2) is 6.54 Å². The summed E-state index contributed by atoms with van der Waals surface area (Å²) in [6.07, 6.45) is 1.03. The normalized spacial score (nSPS) is 15.3. The Morgan fingerprint density at radius 1 is 1.45 bits per heavy atom. The van der Waals surface area contributed by atoms with Crippen LogP contribution in [0.2, 0.25) is 5.02 Å². The standard InChI is InChI=1S/C8H9ClN2/c9-7-2-1-6-3-4-11(10)8(6)5-7/h1-2,5H,3-4,10H2. The summed E-state index contributed by atoms with van der Waals surface area (Å²) in [5.41, 5.74) is 2.36. The van der Waals surface area contributed by atoms with Crippen molar-refractivity contribution < 1.29 is 0 Å². The average Bonchev–Trinajstić information content (AvgIpc) is 2.33. The molecule has 1 aliphatic heterocycles. The van der Waals surface area contributed by atoms with Crippen LogP contribution in [0.1, 0.15) is 5.56 Å². The number of nitrogens with two attached hydrogens (primary N) is 1. The van der Waals surface area contributed by atoms with Crippen LogP contribution in [0.3, 0.4) is 0 Å². The van der Waals surface area contributed by atoms with Gasteiger partial charge in [-0.3, -0.25) is 0 Å². The molecule has 0 spiro atoms. The van der Waals surface area contributed by atoms with Gasteiger partial charge < -0.3 is 5.01 Å². The molecule has 0 unspecified atom stereocenters. The first kappa shape index (κ1) is 6.95. The van der Waals surface area contributed by atoms with E-state index in [4.69, 9.17) is 17.4 Å². The molecule has 0 atom stereocenters. The Bertz CT molecular complexity index is 285. The van der Waals surface area contributed by atoms with Crippen molar-refractivity contribution in [2.24, 2.45) is 5.84 Å². The second-order valence-electron chi connectivity index (χ2n) is 2.72. The maximum Gasteiger partial charge on any atom is 0.0564 e. The first-order valence-corrected chi connectivity index (χ1v) is 3.96. The lowest BCUT2D eigenvalue weighted by atomic mass is 10.2. The smallest absolute Gasteiger partial charge is 0.0564 e. The molecule has 0 amide bonds. The van der Waals surface area contributed by atoms with Crippen LogP contribution < -0.4 is 10.9 Å². The molecule has 0 radical (unpaired) electrons. The molecule has 11 heavy (non-hydrogen) atoms. The van der Waals surface area contributed by atoms with Crippen molar-refractivity contribution in [1.82, 2.24) is 0 Å². The molecule has 0 saturated heterocycles. The summed E-state index contributed by atoms with van der Waals surface area (Å²) in [7, 11) is 0. The fourth-order valence-corrected chi connectivity index (χ4v) is 1.54. The number of hydrogen-bond acceptors (Lipinski definition) is 2. The first-order chi connectivity index (χ1) is 5.27. The van der Waals surface area contributed by atoms with Gasteiger partial charge in [-0.2, -0.15) is 0 Å². The van der Waals surface area contributed by atoms with Crippen molar-refractivity contribution >= 4 is 17.3 Å². The van der Waals surface area contributed by atoms with Crippen LogP contribution in [0.4, 0.5) is 5.69 Å². The van der Waals surface area contributed by atoms with Gasteiger partial charge in [-0.05, 0) is 24.1 Å². The number of hydrogen-bond donors (Lipinski definition) is 1. The molecular formula is C8H9ClN2. The lowest BCUT2D eigenvalue weighted by Gasteiger charge is -2.10. The molecule has 2 rings (SSSR count). The lowest BCUT2D eigenvalue weighted by Crippen LogP contribution is -2.27. The second-order valence-corrected chi connectivity index (χ2v) is 3.15. The van der Waals surface area contributed by atoms with E-state index in [0.717, 1.165) is 23.7 Å². The van der Waals surface area contributed by atoms with Crippen molar-refractivity contribution in [3.63, 3.8) is 0 Å². The van der Waals surface area contributed by atoms with Crippen LogP contribution >= 0.6 is 11.6 Å². The molecule has 2 nitrogen and oxygen atoms in total. The largest absolute Gasteiger partial charge is 0.310 e. The summed E-state index contributed by atoms with van der Waals surface area (Å²) in [6.45, 7) is 0.898. The predicted molar refractivity (Wildman–Crippen MR) is 46.7 cm³/mol. The van der Waals surface area contributed by atoms with Crippen molar-refractivity contribution in [2.45, 2.75) is 6.42 Å². The quantitative estimate of drug-likeness (QED) is 0.596. The third kappa shape index (κ3) is 1.08. The monoisotopic (exact) mass is 168 g/mol. The van der Waals surface area contributed by atoms with E-state index in [2.05, 4.69) is 0 Å². The minimum atomic E-state index is 0.751. The van der Waals surface area contributed by atoms with Gasteiger partial charge >= 0.3 is 0 Å². The Morgan fingerprint density at radius 3 is 3.09 bits per heavy atom. The molecule has 1 aromatic rings. The molecule has 0 aliphatic carbocycles. The fourth-order valence-electron chi connectivity index (χ4n) is 1.38. The number of rotatable bonds is 0. The Morgan fingerprint density at radius 2 is 2.27 bits per heavy atom. The number of halogens is 1. The summed E-state index contributed by atoms with van der Waals surface area (Å²) < 4.78 is 0. The van der Waals surface area contributed by atoms with Crippen molar-refractivity contribution in [2.75, 3.05) is 11.6 Å². The van der Waals surface area contributed by atoms with Gasteiger partial charge in [0.05, 0.1) is 5.69 Å². The zero-order valence-corrected chi connectivity index (χ0v) is 6.80. The summed E-state index contributed by atoms with van der Waals surface area (Å²) in [4.78, 5) is 0. The molecular weight excluding hydrogens is 160 g/mol. The van der Waals surface area contributed by atoms with Crippen LogP contribution in [-0.2, 0) is 6.42 Å². The molecule has 3 heteroatoms. The predicted octanol–water partition coefficient (Wildman–Crippen LogP) is 1.58. The molecule has 2 N–H and O–H groups in total. The Balaban J connectivity index is 2.52. The third-order valence-electron chi connectivity index (χ3n) is 1.98. The van der Waals surface area contributed by atoms with E-state index in [-0.39, 0.29) is 0 Å². The summed E-state index contributed by atoms with van der Waals surface area (Å²) in [5, 5.41) is 2.49. The number of nitrogens with zero attached hydrogens (tertiary/aromatic N) is 1. The van der Waals surface area contributed by atoms with Crippen LogP contribution in [0, 0.1) is 0 Å². The van der Waals surface area contributed by atoms with Crippen molar-refractivity contribution in [3.8, 4) is 0 Å². The maximum absolute atomic E-state index is 5.81. The maximum atomic E-state index is 5.81. The average molecular weight is 169 g/mol. The third-order valence-corrected chi connectivity index (χ3v) is 2.21. The van der Waals surface area contributed by atoms with Gasteiger partial charge in [0.2, 0.25) is 0 Å². The first-order valence-electron chi connectivity index (χ1n) is 3.58. The Hall–Kier alpha value is -0.730. The van der Waals surface area contributed by atoms with Crippen molar-refractivity contribution in [1.29, 1.82) is 0 Å². The number of hydrazine groups is 1. The van der Waals surface area contributed by atoms with Gasteiger partial charge in [0, 0.05) is 11.6 Å². The van der Waals surface area contributed by atoms with Crippen LogP contribution in [0.25, 0.3) is 0 Å². The molecule has 0 aromatic heterocycles. The highest BCUT2D eigenvalue weighted by atomic mass is 35.5. The van der Waals surface area contributed by atoms with E-state index in [1.807, 2.05) is 18.2 Å². The van der Waals surface area contributed by atoms with Gasteiger partial charge in [0.1, 0.15) is 0 Å². The van der Waals surface area contributed by atoms with Gasteiger partial charge in [0.25, 0.3) is 0 Å². The zero-order chi connectivity index (χ0) is 7.84. The fraction of sp³-hybridized carbons (Fsp3) is 0.250. The molecule has 0 fully saturated rings. The van der Waals surface area contributed by atoms with Crippen LogP contribution in [0.5, 0.6) is 0 Å². The zero-order valence-electron chi connectivity index (χ0n) is 6.05. The van der Waals surface area contributed by atoms with Crippen molar-refractivity contribution in [3.05, 3.63) is 28.8 Å². The number of benzene rings is 1. The van der Waals surface area contributed by atoms with E-state index in [9.17, 15) is 0 Å². The summed E-state index contributed by atoms with van der Waals surface area (Å²) in [6, 6.07) is 5.84. The number of fused-ring (bicyclic) bond motifs is 1. The Labute approximate surface area is 70.5 Å². The lowest BCUT2D eigenvalue weighted by molar-refractivity contribution is 0.891. The highest BCUT2D eigenvalue weighted by Crippen LogP contribution is 2.27. The second kappa shape index (κ2) is 2.40. The van der Waals surface area contributed by atoms with E-state index in [0.29, 0.717) is 0 Å². The summed E-state index contributed by atoms with van der Waals surface area (Å²) in [5.74, 6) is 5.69. The molecule has 58 valence electrons. The summed E-state index contributed by atoms with van der Waals surface area (Å²) >= 11 is 5.81. The molecule has 1 aromatic carbocycles. The van der Waals surface area contributed by atoms with Gasteiger partial charge in [-0.25, -0.2) is 5.84 Å². The van der Waals surface area contributed by atoms with Gasteiger partial charge in [-0.1, -0.05) is 17.7 Å². The minimum Gasteiger partial charge on any atom is -0.310 e. The molecule has 1 aliphatic rings. The number of anilines is 1. The topological polar surface area (TPSA) is 29.3 Å². The van der Waals surface area contributed by atoms with Gasteiger partial charge in [0.15, 0.2) is 0 Å². The van der Waals surface area contributed by atoms with E-state index < -0.39 is 0 Å². The molecule has 0 saturated carbocycles. The van der Waals surface area contributed by atoms with Crippen LogP contribution in [0.15, 0.2) is 18.2 Å². The van der Waals surface area contributed by atoms with E-state index >= 15 is 0 Å². The minimum absolute atomic E-state index is 0.751. The Kier molecular flexibility index (Phi) is 1.51. The molecule has 1 heterocycles.